The number of fused-ring (bicyclic) bond motifs is 2. The van der Waals surface area contributed by atoms with E-state index in [-0.39, 0.29) is 0 Å². The summed E-state index contributed by atoms with van der Waals surface area (Å²) < 4.78 is 16.1. The summed E-state index contributed by atoms with van der Waals surface area (Å²) in [6, 6.07) is 0. The molecule has 0 radical (unpaired) electrons. The second kappa shape index (κ2) is 3.97. The number of carbonyl (C=O) groups is 2. The van der Waals surface area contributed by atoms with Crippen LogP contribution in [0.4, 0.5) is 0 Å². The van der Waals surface area contributed by atoms with Crippen molar-refractivity contribution in [2.75, 3.05) is 13.2 Å². The van der Waals surface area contributed by atoms with Crippen molar-refractivity contribution in [3.05, 3.63) is 23.3 Å². The number of esters is 2. The molecule has 4 aliphatic rings. The maximum atomic E-state index is 12.4. The van der Waals surface area contributed by atoms with Gasteiger partial charge in [0.05, 0.1) is 13.2 Å². The fraction of sp³-hybridized carbons (Fsp3) is 0.625. The molecule has 0 N–H and O–H groups in total. The van der Waals surface area contributed by atoms with Crippen molar-refractivity contribution in [1.29, 1.82) is 0 Å². The lowest BCUT2D eigenvalue weighted by Gasteiger charge is -2.37. The first-order valence-corrected chi connectivity index (χ1v) is 7.36. The van der Waals surface area contributed by atoms with Crippen molar-refractivity contribution < 1.29 is 23.8 Å². The Labute approximate surface area is 122 Å². The summed E-state index contributed by atoms with van der Waals surface area (Å²) in [4.78, 5) is 24.9. The van der Waals surface area contributed by atoms with Gasteiger partial charge in [-0.3, -0.25) is 9.59 Å². The van der Waals surface area contributed by atoms with E-state index in [1.807, 2.05) is 0 Å². The molecule has 0 aromatic rings. The van der Waals surface area contributed by atoms with Crippen LogP contribution in [-0.4, -0.2) is 30.9 Å². The minimum Gasteiger partial charge on any atom is -0.422 e. The van der Waals surface area contributed by atoms with Crippen molar-refractivity contribution in [3.63, 3.8) is 0 Å². The molecular formula is C16H18O5. The molecule has 3 fully saturated rings. The number of allylic oxidation sites excluding steroid dienone is 2. The van der Waals surface area contributed by atoms with Crippen molar-refractivity contribution in [2.24, 2.45) is 17.3 Å². The van der Waals surface area contributed by atoms with E-state index in [1.54, 1.807) is 13.8 Å². The zero-order chi connectivity index (χ0) is 14.8. The average Bonchev–Trinajstić information content (AvgIpc) is 2.95. The highest BCUT2D eigenvalue weighted by Crippen LogP contribution is 2.52. The van der Waals surface area contributed by atoms with Gasteiger partial charge in [0.2, 0.25) is 0 Å². The van der Waals surface area contributed by atoms with E-state index in [9.17, 15) is 9.59 Å². The highest BCUT2D eigenvalue weighted by atomic mass is 16.7. The smallest absolute Gasteiger partial charge is 0.327 e. The standard InChI is InChI=1S/C16H18O5/c1-15(2)20-13(17)16(14(18)21-15)5-9-3-11-7-19-8-12(11)4-10(9)6-16/h3-4,11-12H,5-8H2,1-2H3. The molecule has 2 unspecified atom stereocenters. The molecule has 0 aromatic heterocycles. The number of hydrogen-bond acceptors (Lipinski definition) is 5. The second-order valence-corrected chi connectivity index (χ2v) is 6.86. The molecule has 2 atom stereocenters. The SMILES string of the molecule is CC1(C)OC(=O)C2(CC3=CC4COCC4C=C3C2)C(=O)O1. The van der Waals surface area contributed by atoms with Crippen LogP contribution in [0.1, 0.15) is 26.7 Å². The highest BCUT2D eigenvalue weighted by Gasteiger charge is 2.60. The summed E-state index contributed by atoms with van der Waals surface area (Å²) in [5.41, 5.74) is 0.984. The van der Waals surface area contributed by atoms with Crippen LogP contribution < -0.4 is 0 Å². The third-order valence-corrected chi connectivity index (χ3v) is 4.86. The molecule has 2 aliphatic heterocycles. The van der Waals surface area contributed by atoms with Crippen molar-refractivity contribution >= 4 is 11.9 Å². The van der Waals surface area contributed by atoms with Gasteiger partial charge in [0.1, 0.15) is 0 Å². The quantitative estimate of drug-likeness (QED) is 0.502. The minimum atomic E-state index is -1.17. The lowest BCUT2D eigenvalue weighted by atomic mass is 9.84. The first-order valence-electron chi connectivity index (χ1n) is 7.36. The maximum absolute atomic E-state index is 12.4. The van der Waals surface area contributed by atoms with Crippen LogP contribution in [0.2, 0.25) is 0 Å². The predicted molar refractivity (Wildman–Crippen MR) is 71.9 cm³/mol. The third kappa shape index (κ3) is 1.80. The van der Waals surface area contributed by atoms with Crippen LogP contribution in [0, 0.1) is 17.3 Å². The topological polar surface area (TPSA) is 61.8 Å². The van der Waals surface area contributed by atoms with E-state index in [1.165, 1.54) is 0 Å². The predicted octanol–water partition coefficient (Wildman–Crippen LogP) is 1.73. The number of hydrogen-bond donors (Lipinski definition) is 0. The van der Waals surface area contributed by atoms with E-state index in [2.05, 4.69) is 12.2 Å². The van der Waals surface area contributed by atoms with Gasteiger partial charge in [-0.15, -0.1) is 0 Å². The summed E-state index contributed by atoms with van der Waals surface area (Å²) in [5.74, 6) is -1.35. The normalized spacial score (nSPS) is 35.5. The molecule has 1 spiro atoms. The van der Waals surface area contributed by atoms with Crippen LogP contribution >= 0.6 is 0 Å². The molecule has 0 amide bonds. The minimum absolute atomic E-state index is 0.367. The average molecular weight is 290 g/mol. The summed E-state index contributed by atoms with van der Waals surface area (Å²) in [5, 5.41) is 0. The molecule has 2 heterocycles. The molecule has 112 valence electrons. The maximum Gasteiger partial charge on any atom is 0.327 e. The van der Waals surface area contributed by atoms with Crippen LogP contribution in [0.5, 0.6) is 0 Å². The fourth-order valence-corrected chi connectivity index (χ4v) is 3.75. The monoisotopic (exact) mass is 290 g/mol. The molecule has 2 saturated heterocycles. The Morgan fingerprint density at radius 1 is 0.952 bits per heavy atom. The fourth-order valence-electron chi connectivity index (χ4n) is 3.75. The van der Waals surface area contributed by atoms with Gasteiger partial charge < -0.3 is 14.2 Å². The van der Waals surface area contributed by atoms with Gasteiger partial charge in [0, 0.05) is 25.7 Å². The van der Waals surface area contributed by atoms with Crippen LogP contribution in [0.15, 0.2) is 23.3 Å². The van der Waals surface area contributed by atoms with Crippen LogP contribution in [-0.2, 0) is 23.8 Å². The van der Waals surface area contributed by atoms with E-state index in [4.69, 9.17) is 14.2 Å². The molecule has 21 heavy (non-hydrogen) atoms. The highest BCUT2D eigenvalue weighted by molar-refractivity contribution is 6.03. The molecule has 0 bridgehead atoms. The van der Waals surface area contributed by atoms with Crippen molar-refractivity contribution in [1.82, 2.24) is 0 Å². The van der Waals surface area contributed by atoms with Crippen LogP contribution in [0.3, 0.4) is 0 Å². The Hall–Kier alpha value is -1.62. The van der Waals surface area contributed by atoms with Crippen molar-refractivity contribution in [2.45, 2.75) is 32.5 Å². The van der Waals surface area contributed by atoms with Gasteiger partial charge in [0.25, 0.3) is 5.79 Å². The Morgan fingerprint density at radius 2 is 1.43 bits per heavy atom. The Morgan fingerprint density at radius 3 is 1.90 bits per heavy atom. The first kappa shape index (κ1) is 13.1. The lowest BCUT2D eigenvalue weighted by molar-refractivity contribution is -0.250. The third-order valence-electron chi connectivity index (χ3n) is 4.86. The lowest BCUT2D eigenvalue weighted by Crippen LogP contribution is -2.52. The molecule has 4 rings (SSSR count). The van der Waals surface area contributed by atoms with E-state index in [0.29, 0.717) is 37.9 Å². The number of carbonyl (C=O) groups excluding carboxylic acids is 2. The van der Waals surface area contributed by atoms with E-state index < -0.39 is 23.1 Å². The van der Waals surface area contributed by atoms with Gasteiger partial charge >= 0.3 is 11.9 Å². The molecular weight excluding hydrogens is 272 g/mol. The van der Waals surface area contributed by atoms with Gasteiger partial charge in [-0.2, -0.15) is 0 Å². The molecule has 0 aromatic carbocycles. The Kier molecular flexibility index (Phi) is 2.47. The largest absolute Gasteiger partial charge is 0.422 e. The van der Waals surface area contributed by atoms with E-state index >= 15 is 0 Å². The molecule has 2 aliphatic carbocycles. The Balaban J connectivity index is 1.69. The zero-order valence-electron chi connectivity index (χ0n) is 12.2. The van der Waals surface area contributed by atoms with Crippen molar-refractivity contribution in [3.8, 4) is 0 Å². The number of ether oxygens (including phenoxy) is 3. The Bertz CT molecular complexity index is 548. The molecule has 5 heteroatoms. The van der Waals surface area contributed by atoms with Gasteiger partial charge in [-0.1, -0.05) is 12.2 Å². The van der Waals surface area contributed by atoms with Crippen LogP contribution in [0.25, 0.3) is 0 Å². The summed E-state index contributed by atoms with van der Waals surface area (Å²) in [6.45, 7) is 4.59. The van der Waals surface area contributed by atoms with Gasteiger partial charge in [-0.05, 0) is 24.0 Å². The molecule has 1 saturated carbocycles. The molecule has 5 nitrogen and oxygen atoms in total. The van der Waals surface area contributed by atoms with Gasteiger partial charge in [0.15, 0.2) is 5.41 Å². The second-order valence-electron chi connectivity index (χ2n) is 6.86. The summed E-state index contributed by atoms with van der Waals surface area (Å²) in [7, 11) is 0. The van der Waals surface area contributed by atoms with E-state index in [0.717, 1.165) is 11.1 Å². The number of cyclic esters (lactones) is 2. The number of rotatable bonds is 0. The zero-order valence-corrected chi connectivity index (χ0v) is 12.2. The van der Waals surface area contributed by atoms with Gasteiger partial charge in [-0.25, -0.2) is 0 Å². The first-order chi connectivity index (χ1) is 9.90. The summed E-state index contributed by atoms with van der Waals surface area (Å²) >= 11 is 0. The summed E-state index contributed by atoms with van der Waals surface area (Å²) in [6.07, 6.45) is 5.11.